The second kappa shape index (κ2) is 6.04. The number of anilines is 1. The topological polar surface area (TPSA) is 113 Å². The molecule has 0 unspecified atom stereocenters. The van der Waals surface area contributed by atoms with Crippen molar-refractivity contribution in [2.75, 3.05) is 18.9 Å². The van der Waals surface area contributed by atoms with Crippen molar-refractivity contribution in [1.29, 1.82) is 0 Å². The zero-order chi connectivity index (χ0) is 15.6. The van der Waals surface area contributed by atoms with E-state index in [4.69, 9.17) is 5.73 Å². The number of hydrogen-bond donors (Lipinski definition) is 4. The molecule has 114 valence electrons. The highest BCUT2D eigenvalue weighted by Crippen LogP contribution is 2.23. The maximum atomic E-state index is 13.3. The predicted molar refractivity (Wildman–Crippen MR) is 73.1 cm³/mol. The molecular weight excluding hydrogens is 287 g/mol. The van der Waals surface area contributed by atoms with Crippen LogP contribution in [0.2, 0.25) is 0 Å². The normalized spacial score (nSPS) is 12.7. The van der Waals surface area contributed by atoms with E-state index in [-0.39, 0.29) is 22.6 Å². The molecular formula is C12H19FN2O4S. The largest absolute Gasteiger partial charge is 0.396 e. The van der Waals surface area contributed by atoms with Gasteiger partial charge in [-0.05, 0) is 31.0 Å². The van der Waals surface area contributed by atoms with E-state index in [1.165, 1.54) is 6.92 Å². The first kappa shape index (κ1) is 16.8. The summed E-state index contributed by atoms with van der Waals surface area (Å²) in [6, 6.07) is 2.04. The van der Waals surface area contributed by atoms with Gasteiger partial charge in [0, 0.05) is 0 Å². The Balaban J connectivity index is 3.28. The Labute approximate surface area is 117 Å². The molecule has 5 N–H and O–H groups in total. The lowest BCUT2D eigenvalue weighted by Gasteiger charge is -2.29. The van der Waals surface area contributed by atoms with Crippen LogP contribution in [0.5, 0.6) is 0 Å². The van der Waals surface area contributed by atoms with Gasteiger partial charge in [-0.3, -0.25) is 0 Å². The van der Waals surface area contributed by atoms with E-state index in [1.807, 2.05) is 0 Å². The molecule has 0 aliphatic heterocycles. The zero-order valence-electron chi connectivity index (χ0n) is 11.4. The fraction of sp³-hybridized carbons (Fsp3) is 0.500. The van der Waals surface area contributed by atoms with Gasteiger partial charge in [0.1, 0.15) is 5.82 Å². The first-order valence-electron chi connectivity index (χ1n) is 6.02. The van der Waals surface area contributed by atoms with Crippen LogP contribution >= 0.6 is 0 Å². The molecule has 0 heterocycles. The van der Waals surface area contributed by atoms with Crippen LogP contribution in [0.1, 0.15) is 18.9 Å². The van der Waals surface area contributed by atoms with Crippen LogP contribution in [0.3, 0.4) is 0 Å². The molecule has 0 atom stereocenters. The van der Waals surface area contributed by atoms with Gasteiger partial charge in [0.05, 0.1) is 29.3 Å². The summed E-state index contributed by atoms with van der Waals surface area (Å²) in [6.45, 7) is 1.94. The SMILES string of the molecule is CCC(CO)(CO)NS(=O)(=O)c1cc(N)c(F)cc1C. The van der Waals surface area contributed by atoms with Crippen molar-refractivity contribution in [3.63, 3.8) is 0 Å². The third kappa shape index (κ3) is 3.26. The van der Waals surface area contributed by atoms with E-state index in [0.29, 0.717) is 0 Å². The van der Waals surface area contributed by atoms with E-state index < -0.39 is 34.6 Å². The van der Waals surface area contributed by atoms with Gasteiger partial charge < -0.3 is 15.9 Å². The number of rotatable bonds is 6. The minimum atomic E-state index is -4.04. The molecule has 1 rings (SSSR count). The number of aliphatic hydroxyl groups excluding tert-OH is 2. The lowest BCUT2D eigenvalue weighted by atomic mass is 10.0. The van der Waals surface area contributed by atoms with Crippen LogP contribution < -0.4 is 10.5 Å². The standard InChI is InChI=1S/C12H19FN2O4S/c1-3-12(6-16,7-17)15-20(18,19)11-5-10(14)9(13)4-8(11)2/h4-5,15-17H,3,6-7,14H2,1-2H3. The molecule has 20 heavy (non-hydrogen) atoms. The highest BCUT2D eigenvalue weighted by Gasteiger charge is 2.33. The van der Waals surface area contributed by atoms with Crippen molar-refractivity contribution >= 4 is 15.7 Å². The monoisotopic (exact) mass is 306 g/mol. The average molecular weight is 306 g/mol. The Hall–Kier alpha value is -1.22. The van der Waals surface area contributed by atoms with Crippen LogP contribution in [-0.4, -0.2) is 37.4 Å². The highest BCUT2D eigenvalue weighted by atomic mass is 32.2. The lowest BCUT2D eigenvalue weighted by molar-refractivity contribution is 0.105. The van der Waals surface area contributed by atoms with Gasteiger partial charge in [0.2, 0.25) is 10.0 Å². The van der Waals surface area contributed by atoms with Gasteiger partial charge >= 0.3 is 0 Å². The van der Waals surface area contributed by atoms with Gasteiger partial charge in [-0.25, -0.2) is 17.5 Å². The third-order valence-electron chi connectivity index (χ3n) is 3.22. The molecule has 0 aliphatic carbocycles. The molecule has 0 amide bonds. The van der Waals surface area contributed by atoms with Crippen molar-refractivity contribution < 1.29 is 23.0 Å². The van der Waals surface area contributed by atoms with Crippen molar-refractivity contribution in [1.82, 2.24) is 4.72 Å². The number of aliphatic hydroxyl groups is 2. The van der Waals surface area contributed by atoms with Gasteiger partial charge in [0.15, 0.2) is 0 Å². The summed E-state index contributed by atoms with van der Waals surface area (Å²) >= 11 is 0. The summed E-state index contributed by atoms with van der Waals surface area (Å²) in [5.74, 6) is -0.701. The molecule has 0 radical (unpaired) electrons. The number of nitrogens with one attached hydrogen (secondary N) is 1. The Bertz CT molecular complexity index is 577. The Morgan fingerprint density at radius 3 is 2.35 bits per heavy atom. The minimum Gasteiger partial charge on any atom is -0.396 e. The molecule has 0 fully saturated rings. The van der Waals surface area contributed by atoms with Crippen molar-refractivity contribution in [3.8, 4) is 0 Å². The molecule has 0 bridgehead atoms. The summed E-state index contributed by atoms with van der Waals surface area (Å²) in [5.41, 5.74) is 3.91. The molecule has 1 aromatic rings. The van der Waals surface area contributed by atoms with E-state index in [1.54, 1.807) is 6.92 Å². The minimum absolute atomic E-state index is 0.184. The number of sulfonamides is 1. The van der Waals surface area contributed by atoms with Crippen LogP contribution in [0.15, 0.2) is 17.0 Å². The number of benzene rings is 1. The van der Waals surface area contributed by atoms with Gasteiger partial charge in [-0.15, -0.1) is 0 Å². The quantitative estimate of drug-likeness (QED) is 0.558. The number of halogens is 1. The van der Waals surface area contributed by atoms with Crippen molar-refractivity contribution in [2.45, 2.75) is 30.7 Å². The van der Waals surface area contributed by atoms with Crippen molar-refractivity contribution in [3.05, 3.63) is 23.5 Å². The molecule has 0 spiro atoms. The van der Waals surface area contributed by atoms with E-state index in [9.17, 15) is 23.0 Å². The van der Waals surface area contributed by atoms with Crippen LogP contribution in [0, 0.1) is 12.7 Å². The van der Waals surface area contributed by atoms with Crippen LogP contribution in [0.25, 0.3) is 0 Å². The fourth-order valence-electron chi connectivity index (χ4n) is 1.71. The van der Waals surface area contributed by atoms with Crippen LogP contribution in [-0.2, 0) is 10.0 Å². The van der Waals surface area contributed by atoms with E-state index in [2.05, 4.69) is 4.72 Å². The van der Waals surface area contributed by atoms with Crippen molar-refractivity contribution in [2.24, 2.45) is 0 Å². The number of aryl methyl sites for hydroxylation is 1. The summed E-state index contributed by atoms with van der Waals surface area (Å²) in [4.78, 5) is -0.184. The summed E-state index contributed by atoms with van der Waals surface area (Å²) in [7, 11) is -4.04. The molecule has 8 heteroatoms. The first-order chi connectivity index (χ1) is 9.21. The summed E-state index contributed by atoms with van der Waals surface area (Å²) < 4.78 is 40.1. The smallest absolute Gasteiger partial charge is 0.241 e. The molecule has 0 saturated carbocycles. The molecule has 0 aliphatic rings. The molecule has 1 aromatic carbocycles. The van der Waals surface area contributed by atoms with E-state index in [0.717, 1.165) is 12.1 Å². The second-order valence-electron chi connectivity index (χ2n) is 4.69. The molecule has 0 aromatic heterocycles. The lowest BCUT2D eigenvalue weighted by Crippen LogP contribution is -2.53. The summed E-state index contributed by atoms with van der Waals surface area (Å²) in [6.07, 6.45) is 0.189. The maximum Gasteiger partial charge on any atom is 0.241 e. The zero-order valence-corrected chi connectivity index (χ0v) is 12.2. The van der Waals surface area contributed by atoms with Gasteiger partial charge in [-0.1, -0.05) is 6.92 Å². The average Bonchev–Trinajstić information content (AvgIpc) is 2.40. The van der Waals surface area contributed by atoms with Gasteiger partial charge in [-0.2, -0.15) is 0 Å². The third-order valence-corrected chi connectivity index (χ3v) is 4.94. The number of nitrogen functional groups attached to an aromatic ring is 1. The second-order valence-corrected chi connectivity index (χ2v) is 6.35. The van der Waals surface area contributed by atoms with Crippen LogP contribution in [0.4, 0.5) is 10.1 Å². The molecule has 0 saturated heterocycles. The highest BCUT2D eigenvalue weighted by molar-refractivity contribution is 7.89. The maximum absolute atomic E-state index is 13.3. The number of nitrogens with two attached hydrogens (primary N) is 1. The Morgan fingerprint density at radius 1 is 1.35 bits per heavy atom. The summed E-state index contributed by atoms with van der Waals surface area (Å²) in [5, 5.41) is 18.6. The molecule has 6 nitrogen and oxygen atoms in total. The first-order valence-corrected chi connectivity index (χ1v) is 7.51. The Morgan fingerprint density at radius 2 is 1.90 bits per heavy atom. The van der Waals surface area contributed by atoms with Gasteiger partial charge in [0.25, 0.3) is 0 Å². The fourth-order valence-corrected chi connectivity index (χ4v) is 3.43. The predicted octanol–water partition coefficient (Wildman–Crippen LogP) is 0.128. The van der Waals surface area contributed by atoms with E-state index >= 15 is 0 Å². The number of hydrogen-bond acceptors (Lipinski definition) is 5. The Kier molecular flexibility index (Phi) is 5.09.